The number of esters is 1. The fourth-order valence-electron chi connectivity index (χ4n) is 1.33. The van der Waals surface area contributed by atoms with Crippen LogP contribution in [-0.4, -0.2) is 12.6 Å². The van der Waals surface area contributed by atoms with E-state index in [2.05, 4.69) is 19.9 Å². The van der Waals surface area contributed by atoms with Crippen molar-refractivity contribution in [1.82, 2.24) is 0 Å². The zero-order valence-corrected chi connectivity index (χ0v) is 11.0. The second kappa shape index (κ2) is 9.20. The van der Waals surface area contributed by atoms with Gasteiger partial charge in [-0.05, 0) is 46.5 Å². The molecule has 0 N–H and O–H groups in total. The van der Waals surface area contributed by atoms with E-state index in [9.17, 15) is 4.79 Å². The SMILES string of the molecule is CCOC(=O)C=C(C)CCCC=C(C)CC. The summed E-state index contributed by atoms with van der Waals surface area (Å²) in [6, 6.07) is 0. The van der Waals surface area contributed by atoms with Crippen molar-refractivity contribution in [2.45, 2.75) is 53.4 Å². The van der Waals surface area contributed by atoms with Gasteiger partial charge in [-0.25, -0.2) is 4.79 Å². The fourth-order valence-corrected chi connectivity index (χ4v) is 1.33. The summed E-state index contributed by atoms with van der Waals surface area (Å²) in [5, 5.41) is 0. The highest BCUT2D eigenvalue weighted by atomic mass is 16.5. The number of unbranched alkanes of at least 4 members (excludes halogenated alkanes) is 1. The van der Waals surface area contributed by atoms with Gasteiger partial charge in [0.1, 0.15) is 0 Å². The normalized spacial score (nSPS) is 12.8. The molecule has 0 rings (SSSR count). The Morgan fingerprint density at radius 2 is 1.88 bits per heavy atom. The average molecular weight is 224 g/mol. The van der Waals surface area contributed by atoms with Crippen molar-refractivity contribution in [1.29, 1.82) is 0 Å². The number of hydrogen-bond donors (Lipinski definition) is 0. The molecule has 2 nitrogen and oxygen atoms in total. The van der Waals surface area contributed by atoms with Crippen LogP contribution in [0.2, 0.25) is 0 Å². The van der Waals surface area contributed by atoms with Crippen LogP contribution in [0.5, 0.6) is 0 Å². The molecule has 0 unspecified atom stereocenters. The van der Waals surface area contributed by atoms with Crippen molar-refractivity contribution >= 4 is 5.97 Å². The maximum Gasteiger partial charge on any atom is 0.330 e. The first-order valence-electron chi connectivity index (χ1n) is 6.09. The van der Waals surface area contributed by atoms with Crippen molar-refractivity contribution in [3.63, 3.8) is 0 Å². The molecule has 0 aromatic rings. The summed E-state index contributed by atoms with van der Waals surface area (Å²) in [6.45, 7) is 8.56. The van der Waals surface area contributed by atoms with E-state index in [1.807, 2.05) is 13.8 Å². The van der Waals surface area contributed by atoms with Crippen LogP contribution in [0.15, 0.2) is 23.3 Å². The average Bonchev–Trinajstić information content (AvgIpc) is 2.24. The van der Waals surface area contributed by atoms with Crippen LogP contribution >= 0.6 is 0 Å². The van der Waals surface area contributed by atoms with Crippen LogP contribution in [0.1, 0.15) is 53.4 Å². The Hall–Kier alpha value is -1.05. The number of rotatable bonds is 7. The van der Waals surface area contributed by atoms with E-state index in [0.29, 0.717) is 6.61 Å². The van der Waals surface area contributed by atoms with Gasteiger partial charge in [0.25, 0.3) is 0 Å². The third-order valence-electron chi connectivity index (χ3n) is 2.48. The summed E-state index contributed by atoms with van der Waals surface area (Å²) in [5.41, 5.74) is 2.54. The zero-order chi connectivity index (χ0) is 12.4. The van der Waals surface area contributed by atoms with Crippen LogP contribution in [0, 0.1) is 0 Å². The monoisotopic (exact) mass is 224 g/mol. The Labute approximate surface area is 99.4 Å². The molecule has 0 saturated carbocycles. The van der Waals surface area contributed by atoms with E-state index in [1.54, 1.807) is 6.08 Å². The quantitative estimate of drug-likeness (QED) is 0.282. The van der Waals surface area contributed by atoms with Crippen molar-refractivity contribution in [2.75, 3.05) is 6.61 Å². The lowest BCUT2D eigenvalue weighted by molar-refractivity contribution is -0.137. The summed E-state index contributed by atoms with van der Waals surface area (Å²) >= 11 is 0. The second-order valence-corrected chi connectivity index (χ2v) is 4.04. The first-order chi connectivity index (χ1) is 7.60. The lowest BCUT2D eigenvalue weighted by Gasteiger charge is -2.01. The van der Waals surface area contributed by atoms with Gasteiger partial charge < -0.3 is 4.74 Å². The lowest BCUT2D eigenvalue weighted by Crippen LogP contribution is -2.00. The topological polar surface area (TPSA) is 26.3 Å². The van der Waals surface area contributed by atoms with Gasteiger partial charge in [0.05, 0.1) is 6.61 Å². The number of ether oxygens (including phenoxy) is 1. The van der Waals surface area contributed by atoms with Gasteiger partial charge >= 0.3 is 5.97 Å². The maximum atomic E-state index is 11.1. The van der Waals surface area contributed by atoms with Crippen LogP contribution in [0.3, 0.4) is 0 Å². The molecular formula is C14H24O2. The summed E-state index contributed by atoms with van der Waals surface area (Å²) in [6.07, 6.45) is 8.15. The molecule has 0 atom stereocenters. The van der Waals surface area contributed by atoms with Gasteiger partial charge in [-0.2, -0.15) is 0 Å². The molecule has 0 bridgehead atoms. The summed E-state index contributed by atoms with van der Waals surface area (Å²) in [5.74, 6) is -0.222. The van der Waals surface area contributed by atoms with Gasteiger partial charge in [-0.1, -0.05) is 24.1 Å². The third kappa shape index (κ3) is 8.27. The van der Waals surface area contributed by atoms with Crippen LogP contribution in [0.25, 0.3) is 0 Å². The molecule has 0 aliphatic carbocycles. The summed E-state index contributed by atoms with van der Waals surface area (Å²) < 4.78 is 4.85. The minimum absolute atomic E-state index is 0.222. The van der Waals surface area contributed by atoms with Gasteiger partial charge in [-0.15, -0.1) is 0 Å². The van der Waals surface area contributed by atoms with Gasteiger partial charge in [-0.3, -0.25) is 0 Å². The second-order valence-electron chi connectivity index (χ2n) is 4.04. The smallest absolute Gasteiger partial charge is 0.330 e. The molecule has 0 aromatic carbocycles. The van der Waals surface area contributed by atoms with Gasteiger partial charge in [0.15, 0.2) is 0 Å². The molecule has 92 valence electrons. The molecule has 0 radical (unpaired) electrons. The highest BCUT2D eigenvalue weighted by Crippen LogP contribution is 2.09. The molecule has 0 aliphatic heterocycles. The van der Waals surface area contributed by atoms with Crippen LogP contribution in [-0.2, 0) is 9.53 Å². The van der Waals surface area contributed by atoms with E-state index < -0.39 is 0 Å². The molecular weight excluding hydrogens is 200 g/mol. The predicted molar refractivity (Wildman–Crippen MR) is 68.3 cm³/mol. The first kappa shape index (κ1) is 14.9. The van der Waals surface area contributed by atoms with E-state index in [4.69, 9.17) is 4.74 Å². The minimum Gasteiger partial charge on any atom is -0.463 e. The van der Waals surface area contributed by atoms with E-state index in [0.717, 1.165) is 31.3 Å². The zero-order valence-electron chi connectivity index (χ0n) is 11.0. The van der Waals surface area contributed by atoms with Crippen molar-refractivity contribution in [2.24, 2.45) is 0 Å². The molecule has 0 spiro atoms. The summed E-state index contributed by atoms with van der Waals surface area (Å²) in [4.78, 5) is 11.1. The Balaban J connectivity index is 3.80. The number of hydrogen-bond acceptors (Lipinski definition) is 2. The molecule has 0 amide bonds. The maximum absolute atomic E-state index is 11.1. The summed E-state index contributed by atoms with van der Waals surface area (Å²) in [7, 11) is 0. The fraction of sp³-hybridized carbons (Fsp3) is 0.643. The van der Waals surface area contributed by atoms with Crippen LogP contribution in [0.4, 0.5) is 0 Å². The molecule has 0 saturated heterocycles. The lowest BCUT2D eigenvalue weighted by atomic mass is 10.1. The highest BCUT2D eigenvalue weighted by Gasteiger charge is 1.97. The molecule has 2 heteroatoms. The predicted octanol–water partition coefficient (Wildman–Crippen LogP) is 4.02. The Kier molecular flexibility index (Phi) is 8.59. The third-order valence-corrected chi connectivity index (χ3v) is 2.48. The molecule has 0 aromatic heterocycles. The number of allylic oxidation sites excluding steroid dienone is 3. The standard InChI is InChI=1S/C14H24O2/c1-5-12(3)9-7-8-10-13(4)11-14(15)16-6-2/h9,11H,5-8,10H2,1-4H3. The van der Waals surface area contributed by atoms with Gasteiger partial charge in [0, 0.05) is 6.08 Å². The number of carbonyl (C=O) groups excluding carboxylic acids is 1. The Bertz CT molecular complexity index is 262. The Morgan fingerprint density at radius 1 is 1.19 bits per heavy atom. The molecule has 0 fully saturated rings. The van der Waals surface area contributed by atoms with Crippen molar-refractivity contribution in [3.8, 4) is 0 Å². The Morgan fingerprint density at radius 3 is 2.44 bits per heavy atom. The van der Waals surface area contributed by atoms with E-state index in [1.165, 1.54) is 5.57 Å². The van der Waals surface area contributed by atoms with Crippen molar-refractivity contribution < 1.29 is 9.53 Å². The first-order valence-corrected chi connectivity index (χ1v) is 6.09. The molecule has 16 heavy (non-hydrogen) atoms. The minimum atomic E-state index is -0.222. The number of carbonyl (C=O) groups is 1. The largest absolute Gasteiger partial charge is 0.463 e. The highest BCUT2D eigenvalue weighted by molar-refractivity contribution is 5.82. The molecule has 0 heterocycles. The van der Waals surface area contributed by atoms with Crippen LogP contribution < -0.4 is 0 Å². The van der Waals surface area contributed by atoms with E-state index >= 15 is 0 Å². The van der Waals surface area contributed by atoms with Gasteiger partial charge in [0.2, 0.25) is 0 Å². The van der Waals surface area contributed by atoms with E-state index in [-0.39, 0.29) is 5.97 Å². The van der Waals surface area contributed by atoms with Crippen molar-refractivity contribution in [3.05, 3.63) is 23.3 Å². The molecule has 0 aliphatic rings.